The molecule has 27 heavy (non-hydrogen) atoms. The van der Waals surface area contributed by atoms with Crippen LogP contribution in [-0.4, -0.2) is 50.2 Å². The van der Waals surface area contributed by atoms with E-state index in [-0.39, 0.29) is 17.6 Å². The maximum atomic E-state index is 12.1. The highest BCUT2D eigenvalue weighted by molar-refractivity contribution is 5.68. The van der Waals surface area contributed by atoms with Crippen LogP contribution in [0.15, 0.2) is 12.3 Å². The molecule has 1 heterocycles. The molecular formula is C20H34N2O5. The Balaban J connectivity index is 2.81. The van der Waals surface area contributed by atoms with Gasteiger partial charge in [0, 0.05) is 38.3 Å². The van der Waals surface area contributed by atoms with Gasteiger partial charge in [-0.15, -0.1) is 0 Å². The molecule has 0 aromatic carbocycles. The molecule has 1 amide bonds. The predicted molar refractivity (Wildman–Crippen MR) is 104 cm³/mol. The van der Waals surface area contributed by atoms with Crippen LogP contribution in [0.1, 0.15) is 46.6 Å². The number of nitrogens with zero attached hydrogens (tertiary/aromatic N) is 1. The van der Waals surface area contributed by atoms with Crippen LogP contribution >= 0.6 is 0 Å². The number of hydrogen-bond donors (Lipinski definition) is 1. The minimum absolute atomic E-state index is 0.156. The van der Waals surface area contributed by atoms with Crippen LogP contribution in [0.3, 0.4) is 0 Å². The molecule has 0 aliphatic rings. The molecule has 1 N–H and O–H groups in total. The van der Waals surface area contributed by atoms with Gasteiger partial charge in [-0.3, -0.25) is 0 Å². The third-order valence-corrected chi connectivity index (χ3v) is 3.73. The molecule has 7 nitrogen and oxygen atoms in total. The van der Waals surface area contributed by atoms with Crippen molar-refractivity contribution < 1.29 is 23.7 Å². The third kappa shape index (κ3) is 8.95. The number of pyridine rings is 1. The standard InChI is InChI=1S/C20H34N2O5/c1-14(2)16(27-19(23)22-20(3,4)5)11-15-12-17(18(25-7)21-13-15)26-10-8-9-24-6/h12-14,16H,8-11H2,1-7H3,(H,22,23)/t16-/m0/s1. The van der Waals surface area contributed by atoms with E-state index in [4.69, 9.17) is 18.9 Å². The van der Waals surface area contributed by atoms with Gasteiger partial charge in [0.15, 0.2) is 5.75 Å². The minimum Gasteiger partial charge on any atom is -0.488 e. The highest BCUT2D eigenvalue weighted by atomic mass is 16.6. The number of carbonyl (C=O) groups is 1. The maximum Gasteiger partial charge on any atom is 0.407 e. The lowest BCUT2D eigenvalue weighted by Crippen LogP contribution is -2.43. The minimum atomic E-state index is -0.418. The zero-order valence-electron chi connectivity index (χ0n) is 17.6. The molecule has 1 atom stereocenters. The van der Waals surface area contributed by atoms with Crippen molar-refractivity contribution >= 4 is 6.09 Å². The van der Waals surface area contributed by atoms with Gasteiger partial charge in [0.25, 0.3) is 5.88 Å². The molecule has 0 saturated carbocycles. The molecule has 0 radical (unpaired) electrons. The van der Waals surface area contributed by atoms with E-state index in [9.17, 15) is 4.79 Å². The highest BCUT2D eigenvalue weighted by Gasteiger charge is 2.23. The first-order valence-electron chi connectivity index (χ1n) is 9.29. The number of rotatable bonds is 10. The number of methoxy groups -OCH3 is 2. The highest BCUT2D eigenvalue weighted by Crippen LogP contribution is 2.27. The lowest BCUT2D eigenvalue weighted by molar-refractivity contribution is 0.0661. The van der Waals surface area contributed by atoms with Crippen molar-refractivity contribution in [1.29, 1.82) is 0 Å². The van der Waals surface area contributed by atoms with E-state index in [0.717, 1.165) is 12.0 Å². The Morgan fingerprint density at radius 2 is 1.93 bits per heavy atom. The van der Waals surface area contributed by atoms with Gasteiger partial charge in [-0.2, -0.15) is 0 Å². The molecule has 1 aromatic rings. The Hall–Kier alpha value is -2.02. The van der Waals surface area contributed by atoms with Crippen molar-refractivity contribution in [3.63, 3.8) is 0 Å². The zero-order valence-corrected chi connectivity index (χ0v) is 17.6. The fourth-order valence-corrected chi connectivity index (χ4v) is 2.35. The first-order chi connectivity index (χ1) is 12.7. The summed E-state index contributed by atoms with van der Waals surface area (Å²) in [5, 5.41) is 2.83. The summed E-state index contributed by atoms with van der Waals surface area (Å²) in [6, 6.07) is 1.89. The van der Waals surface area contributed by atoms with E-state index in [2.05, 4.69) is 10.3 Å². The number of alkyl carbamates (subject to hydrolysis) is 1. The van der Waals surface area contributed by atoms with Crippen molar-refractivity contribution in [2.45, 2.75) is 59.1 Å². The fraction of sp³-hybridized carbons (Fsp3) is 0.700. The Bertz CT molecular complexity index is 584. The smallest absolute Gasteiger partial charge is 0.407 e. The Labute approximate surface area is 162 Å². The van der Waals surface area contributed by atoms with Crippen molar-refractivity contribution in [3.05, 3.63) is 17.8 Å². The second-order valence-corrected chi connectivity index (χ2v) is 7.81. The number of aromatic nitrogens is 1. The summed E-state index contributed by atoms with van der Waals surface area (Å²) in [4.78, 5) is 16.4. The van der Waals surface area contributed by atoms with Gasteiger partial charge in [0.2, 0.25) is 0 Å². The van der Waals surface area contributed by atoms with Crippen LogP contribution in [-0.2, 0) is 15.9 Å². The SMILES string of the molecule is COCCCOc1cc(C[C@H](OC(=O)NC(C)(C)C)C(C)C)cnc1OC. The van der Waals surface area contributed by atoms with Gasteiger partial charge in [0.05, 0.1) is 13.7 Å². The molecule has 154 valence electrons. The molecule has 1 rings (SSSR count). The predicted octanol–water partition coefficient (Wildman–Crippen LogP) is 3.60. The molecule has 0 aliphatic carbocycles. The zero-order chi connectivity index (χ0) is 20.4. The lowest BCUT2D eigenvalue weighted by Gasteiger charge is -2.25. The molecule has 7 heteroatoms. The molecule has 0 spiro atoms. The van der Waals surface area contributed by atoms with Crippen LogP contribution in [0, 0.1) is 5.92 Å². The number of hydrogen-bond acceptors (Lipinski definition) is 6. The van der Waals surface area contributed by atoms with Gasteiger partial charge >= 0.3 is 6.09 Å². The normalized spacial score (nSPS) is 12.6. The summed E-state index contributed by atoms with van der Waals surface area (Å²) in [5.41, 5.74) is 0.573. The van der Waals surface area contributed by atoms with E-state index in [1.807, 2.05) is 40.7 Å². The average molecular weight is 383 g/mol. The number of nitrogens with one attached hydrogen (secondary N) is 1. The quantitative estimate of drug-likeness (QED) is 0.623. The summed E-state index contributed by atoms with van der Waals surface area (Å²) in [6.45, 7) is 10.9. The summed E-state index contributed by atoms with van der Waals surface area (Å²) in [7, 11) is 3.21. The molecule has 0 saturated heterocycles. The van der Waals surface area contributed by atoms with Crippen molar-refractivity contribution in [1.82, 2.24) is 10.3 Å². The summed E-state index contributed by atoms with van der Waals surface area (Å²) < 4.78 is 21.7. The summed E-state index contributed by atoms with van der Waals surface area (Å²) in [6.07, 6.45) is 2.35. The van der Waals surface area contributed by atoms with E-state index in [1.54, 1.807) is 20.4 Å². The largest absolute Gasteiger partial charge is 0.488 e. The van der Waals surface area contributed by atoms with Gasteiger partial charge in [-0.1, -0.05) is 13.8 Å². The maximum absolute atomic E-state index is 12.1. The number of ether oxygens (including phenoxy) is 4. The second-order valence-electron chi connectivity index (χ2n) is 7.81. The van der Waals surface area contributed by atoms with E-state index < -0.39 is 6.09 Å². The first-order valence-corrected chi connectivity index (χ1v) is 9.29. The molecule has 0 unspecified atom stereocenters. The Morgan fingerprint density at radius 1 is 1.22 bits per heavy atom. The fourth-order valence-electron chi connectivity index (χ4n) is 2.35. The average Bonchev–Trinajstić information content (AvgIpc) is 2.56. The van der Waals surface area contributed by atoms with Crippen LogP contribution in [0.25, 0.3) is 0 Å². The Kier molecular flexibility index (Phi) is 9.35. The van der Waals surface area contributed by atoms with Crippen LogP contribution in [0.2, 0.25) is 0 Å². The first kappa shape index (κ1) is 23.0. The summed E-state index contributed by atoms with van der Waals surface area (Å²) in [5.74, 6) is 1.17. The molecule has 0 fully saturated rings. The summed E-state index contributed by atoms with van der Waals surface area (Å²) >= 11 is 0. The second kappa shape index (κ2) is 11.0. The lowest BCUT2D eigenvalue weighted by atomic mass is 10.00. The van der Waals surface area contributed by atoms with Crippen molar-refractivity contribution in [3.8, 4) is 11.6 Å². The monoisotopic (exact) mass is 382 g/mol. The van der Waals surface area contributed by atoms with Gasteiger partial charge in [-0.05, 0) is 38.3 Å². The van der Waals surface area contributed by atoms with Crippen molar-refractivity contribution in [2.75, 3.05) is 27.4 Å². The van der Waals surface area contributed by atoms with Crippen LogP contribution in [0.4, 0.5) is 4.79 Å². The Morgan fingerprint density at radius 3 is 2.48 bits per heavy atom. The van der Waals surface area contributed by atoms with Crippen LogP contribution < -0.4 is 14.8 Å². The van der Waals surface area contributed by atoms with Crippen LogP contribution in [0.5, 0.6) is 11.6 Å². The van der Waals surface area contributed by atoms with Gasteiger partial charge < -0.3 is 24.3 Å². The molecular weight excluding hydrogens is 348 g/mol. The van der Waals surface area contributed by atoms with E-state index in [1.165, 1.54) is 0 Å². The topological polar surface area (TPSA) is 78.9 Å². The number of amides is 1. The van der Waals surface area contributed by atoms with Gasteiger partial charge in [0.1, 0.15) is 6.10 Å². The van der Waals surface area contributed by atoms with Crippen molar-refractivity contribution in [2.24, 2.45) is 5.92 Å². The number of carbonyl (C=O) groups excluding carboxylic acids is 1. The molecule has 0 aliphatic heterocycles. The molecule has 0 bridgehead atoms. The van der Waals surface area contributed by atoms with E-state index >= 15 is 0 Å². The molecule has 1 aromatic heterocycles. The van der Waals surface area contributed by atoms with Gasteiger partial charge in [-0.25, -0.2) is 9.78 Å². The third-order valence-electron chi connectivity index (χ3n) is 3.73. The van der Waals surface area contributed by atoms with E-state index in [0.29, 0.717) is 31.3 Å².